The van der Waals surface area contributed by atoms with Crippen molar-refractivity contribution in [2.75, 3.05) is 5.32 Å². The van der Waals surface area contributed by atoms with E-state index >= 15 is 0 Å². The molecule has 2 aliphatic rings. The van der Waals surface area contributed by atoms with Crippen molar-refractivity contribution < 1.29 is 8.83 Å². The molecule has 1 aliphatic heterocycles. The van der Waals surface area contributed by atoms with Gasteiger partial charge in [0.05, 0.1) is 23.0 Å². The summed E-state index contributed by atoms with van der Waals surface area (Å²) in [4.78, 5) is 0. The van der Waals surface area contributed by atoms with E-state index in [0.29, 0.717) is 0 Å². The molecule has 0 amide bonds. The summed E-state index contributed by atoms with van der Waals surface area (Å²) < 4.78 is 18.4. The zero-order valence-electron chi connectivity index (χ0n) is 39.5. The Labute approximate surface area is 400 Å². The lowest BCUT2D eigenvalue weighted by atomic mass is 9.58. The van der Waals surface area contributed by atoms with Gasteiger partial charge in [-0.3, -0.25) is 0 Å². The van der Waals surface area contributed by atoms with Gasteiger partial charge in [0.1, 0.15) is 16.7 Å². The van der Waals surface area contributed by atoms with Gasteiger partial charge >= 0.3 is 0 Å². The molecule has 1 aliphatic carbocycles. The van der Waals surface area contributed by atoms with Gasteiger partial charge in [0.25, 0.3) is 0 Å². The fraction of sp³-hybridized carbons (Fsp3) is 0.194. The average Bonchev–Trinajstić information content (AvgIpc) is 4.10. The van der Waals surface area contributed by atoms with Crippen LogP contribution in [0, 0.1) is 0 Å². The number of fused-ring (bicyclic) bond motifs is 14. The number of furan rings is 2. The summed E-state index contributed by atoms with van der Waals surface area (Å²) in [7, 11) is 2.47. The lowest BCUT2D eigenvalue weighted by Gasteiger charge is -2.42. The van der Waals surface area contributed by atoms with Crippen molar-refractivity contribution in [1.82, 2.24) is 4.57 Å². The number of anilines is 2. The van der Waals surface area contributed by atoms with E-state index in [-0.39, 0.29) is 16.2 Å². The molecule has 68 heavy (non-hydrogen) atoms. The molecule has 0 fully saturated rings. The molecule has 0 spiro atoms. The van der Waals surface area contributed by atoms with E-state index in [2.05, 4.69) is 205 Å². The van der Waals surface area contributed by atoms with Gasteiger partial charge < -0.3 is 18.7 Å². The maximum Gasteiger partial charge on any atom is 0.198 e. The van der Waals surface area contributed by atoms with Crippen molar-refractivity contribution >= 4 is 116 Å². The highest BCUT2D eigenvalue weighted by molar-refractivity contribution is 7.27. The molecule has 0 bridgehead atoms. The smallest absolute Gasteiger partial charge is 0.198 e. The number of aromatic nitrogens is 1. The van der Waals surface area contributed by atoms with Gasteiger partial charge in [0.2, 0.25) is 0 Å². The van der Waals surface area contributed by atoms with Crippen LogP contribution in [0.15, 0.2) is 155 Å². The second-order valence-corrected chi connectivity index (χ2v) is 22.9. The molecule has 12 aromatic rings. The SMILES string of the molecule is CC(C)(C)c1ccc(Nc2cc3oc4ccccc4c3cc2-c2c3c4c(c5cc6c(cc5n4-c4cc5c(-c7ccccc7)coc5cc4[B]3)C(C)(C)CCC6(C)C)c3sc4ccccc4c23)cc1. The van der Waals surface area contributed by atoms with Crippen LogP contribution in [0.25, 0.3) is 103 Å². The van der Waals surface area contributed by atoms with Crippen LogP contribution in [0.1, 0.15) is 78.0 Å². The maximum absolute atomic E-state index is 6.67. The first-order valence-corrected chi connectivity index (χ1v) is 24.9. The number of benzene rings is 8. The van der Waals surface area contributed by atoms with Gasteiger partial charge in [-0.2, -0.15) is 0 Å². The topological polar surface area (TPSA) is 43.2 Å². The molecule has 0 saturated carbocycles. The van der Waals surface area contributed by atoms with Crippen LogP contribution in [0.4, 0.5) is 11.4 Å². The third kappa shape index (κ3) is 5.67. The minimum atomic E-state index is 0.0315. The highest BCUT2D eigenvalue weighted by Gasteiger charge is 2.39. The van der Waals surface area contributed by atoms with Crippen LogP contribution < -0.4 is 16.2 Å². The summed E-state index contributed by atoms with van der Waals surface area (Å²) in [5, 5.41) is 12.5. The summed E-state index contributed by atoms with van der Waals surface area (Å²) in [5.41, 5.74) is 19.7. The molecule has 1 N–H and O–H groups in total. The van der Waals surface area contributed by atoms with Crippen molar-refractivity contribution in [3.63, 3.8) is 0 Å². The average molecular weight is 898 g/mol. The minimum Gasteiger partial charge on any atom is -0.464 e. The van der Waals surface area contributed by atoms with Gasteiger partial charge in [0, 0.05) is 75.7 Å². The van der Waals surface area contributed by atoms with Crippen LogP contribution in [-0.4, -0.2) is 11.8 Å². The predicted molar refractivity (Wildman–Crippen MR) is 290 cm³/mol. The Morgan fingerprint density at radius 1 is 0.632 bits per heavy atom. The van der Waals surface area contributed by atoms with Gasteiger partial charge in [-0.15, -0.1) is 11.3 Å². The van der Waals surface area contributed by atoms with Gasteiger partial charge in [0.15, 0.2) is 7.28 Å². The Hall–Kier alpha value is -7.02. The second-order valence-electron chi connectivity index (χ2n) is 21.8. The summed E-state index contributed by atoms with van der Waals surface area (Å²) in [6.07, 6.45) is 4.24. The van der Waals surface area contributed by atoms with E-state index in [9.17, 15) is 0 Å². The van der Waals surface area contributed by atoms with E-state index in [1.165, 1.54) is 75.4 Å². The fourth-order valence-corrected chi connectivity index (χ4v) is 13.2. The summed E-state index contributed by atoms with van der Waals surface area (Å²) >= 11 is 1.93. The number of hydrogen-bond donors (Lipinski definition) is 1. The molecular weight excluding hydrogens is 848 g/mol. The Morgan fingerprint density at radius 2 is 1.35 bits per heavy atom. The lowest BCUT2D eigenvalue weighted by molar-refractivity contribution is 0.332. The van der Waals surface area contributed by atoms with Crippen LogP contribution in [-0.2, 0) is 16.2 Å². The molecule has 329 valence electrons. The number of nitrogens with one attached hydrogen (secondary N) is 1. The highest BCUT2D eigenvalue weighted by atomic mass is 32.1. The first-order valence-electron chi connectivity index (χ1n) is 24.1. The number of hydrogen-bond acceptors (Lipinski definition) is 4. The molecular formula is C62H50BN2O2S. The molecule has 0 atom stereocenters. The van der Waals surface area contributed by atoms with Gasteiger partial charge in [-0.25, -0.2) is 0 Å². The third-order valence-corrected chi connectivity index (χ3v) is 16.9. The lowest BCUT2D eigenvalue weighted by Crippen LogP contribution is -2.37. The third-order valence-electron chi connectivity index (χ3n) is 15.7. The summed E-state index contributed by atoms with van der Waals surface area (Å²) in [6, 6.07) is 51.6. The van der Waals surface area contributed by atoms with Crippen molar-refractivity contribution in [2.45, 2.75) is 77.6 Å². The predicted octanol–water partition coefficient (Wildman–Crippen LogP) is 16.5. The Morgan fingerprint density at radius 3 is 2.13 bits per heavy atom. The van der Waals surface area contributed by atoms with E-state index in [1.54, 1.807) is 0 Å². The van der Waals surface area contributed by atoms with Gasteiger partial charge in [-0.1, -0.05) is 133 Å². The standard InChI is InChI=1S/C62H50BN2O2S/c1-60(2,3)35-21-23-36(24-22-35)64-47-32-52-39(37-17-11-13-19-50(37)67-52)27-41(47)54-55-38-18-12-14-20-53(38)68-59(55)56-42-28-44-45(62(6,7)26-25-61(44,4)5)30-48(42)65-49-29-40-43(34-15-9-8-10-16-34)33-66-51(40)31-46(49)63-57(54)58(56)65/h8-24,27-33,64H,25-26H2,1-7H3. The summed E-state index contributed by atoms with van der Waals surface area (Å²) in [5.74, 6) is 0. The molecule has 6 heteroatoms. The number of thiophene rings is 1. The number of rotatable bonds is 4. The van der Waals surface area contributed by atoms with Crippen molar-refractivity contribution in [2.24, 2.45) is 0 Å². The summed E-state index contributed by atoms with van der Waals surface area (Å²) in [6.45, 7) is 16.6. The van der Waals surface area contributed by atoms with Crippen LogP contribution in [0.3, 0.4) is 0 Å². The zero-order valence-corrected chi connectivity index (χ0v) is 40.3. The molecule has 8 aromatic carbocycles. The van der Waals surface area contributed by atoms with Crippen molar-refractivity contribution in [3.05, 3.63) is 162 Å². The van der Waals surface area contributed by atoms with Crippen LogP contribution >= 0.6 is 11.3 Å². The molecule has 14 rings (SSSR count). The highest BCUT2D eigenvalue weighted by Crippen LogP contribution is 2.53. The quantitative estimate of drug-likeness (QED) is 0.179. The number of nitrogens with zero attached hydrogens (tertiary/aromatic N) is 1. The Kier molecular flexibility index (Phi) is 8.13. The minimum absolute atomic E-state index is 0.0315. The largest absolute Gasteiger partial charge is 0.464 e. The van der Waals surface area contributed by atoms with Crippen molar-refractivity contribution in [1.29, 1.82) is 0 Å². The van der Waals surface area contributed by atoms with E-state index in [0.717, 1.165) is 79.3 Å². The molecule has 0 saturated heterocycles. The molecule has 4 aromatic heterocycles. The first kappa shape index (κ1) is 40.1. The Bertz CT molecular complexity index is 4120. The second kappa shape index (κ2) is 13.8. The van der Waals surface area contributed by atoms with E-state index in [1.807, 2.05) is 17.6 Å². The van der Waals surface area contributed by atoms with Crippen LogP contribution in [0.2, 0.25) is 0 Å². The van der Waals surface area contributed by atoms with E-state index in [4.69, 9.17) is 8.83 Å². The molecule has 5 heterocycles. The van der Waals surface area contributed by atoms with Gasteiger partial charge in [-0.05, 0) is 117 Å². The molecule has 1 radical (unpaired) electrons. The van der Waals surface area contributed by atoms with Crippen molar-refractivity contribution in [3.8, 4) is 27.9 Å². The molecule has 0 unspecified atom stereocenters. The van der Waals surface area contributed by atoms with Crippen LogP contribution in [0.5, 0.6) is 0 Å². The number of para-hydroxylation sites is 1. The molecule has 4 nitrogen and oxygen atoms in total. The Balaban J connectivity index is 1.16. The first-order chi connectivity index (χ1) is 32.8. The maximum atomic E-state index is 6.67. The monoisotopic (exact) mass is 897 g/mol. The van der Waals surface area contributed by atoms with E-state index < -0.39 is 0 Å². The zero-order chi connectivity index (χ0) is 46.0. The normalized spacial score (nSPS) is 15.2. The fourth-order valence-electron chi connectivity index (χ4n) is 11.9.